The maximum Gasteiger partial charge on any atom is 1.00 e. The molecule has 0 saturated carbocycles. The Kier molecular flexibility index (Phi) is 5.90. The maximum absolute atomic E-state index is 10.7. The van der Waals surface area contributed by atoms with Crippen LogP contribution in [0.2, 0.25) is 5.02 Å². The van der Waals surface area contributed by atoms with Crippen LogP contribution in [-0.4, -0.2) is 28.2 Å². The van der Waals surface area contributed by atoms with Crippen molar-refractivity contribution >= 4 is 38.7 Å². The molecule has 0 unspecified atom stereocenters. The third-order valence-corrected chi connectivity index (χ3v) is 4.56. The van der Waals surface area contributed by atoms with E-state index in [1.165, 1.54) is 0 Å². The minimum Gasteiger partial charge on any atom is -0.714 e. The Balaban J connectivity index is 0.00000196. The van der Waals surface area contributed by atoms with Gasteiger partial charge in [-0.1, -0.05) is 47.1 Å². The van der Waals surface area contributed by atoms with E-state index in [4.69, 9.17) is 11.6 Å². The molecule has 2 heterocycles. The van der Waals surface area contributed by atoms with Crippen molar-refractivity contribution in [3.8, 4) is 11.4 Å². The van der Waals surface area contributed by atoms with Crippen LogP contribution in [-0.2, 0) is 21.2 Å². The number of halogens is 1. The molecule has 4 rings (SSSR count). The molecule has 1 aliphatic rings. The number of hydrogen-bond donors (Lipinski definition) is 0. The molecule has 0 spiro atoms. The summed E-state index contributed by atoms with van der Waals surface area (Å²) in [6.07, 6.45) is 0.398. The van der Waals surface area contributed by atoms with Gasteiger partial charge in [-0.05, 0) is 12.1 Å². The smallest absolute Gasteiger partial charge is 0.714 e. The second-order valence-electron chi connectivity index (χ2n) is 5.52. The summed E-state index contributed by atoms with van der Waals surface area (Å²) in [5.74, 6) is 0.765. The predicted octanol–water partition coefficient (Wildman–Crippen LogP) is -0.0547. The number of benzene rings is 2. The summed E-state index contributed by atoms with van der Waals surface area (Å²) >= 11 is 6.29. The summed E-state index contributed by atoms with van der Waals surface area (Å²) in [6.45, 7) is 0.509. The fourth-order valence-corrected chi connectivity index (χ4v) is 3.38. The molecule has 1 aromatic heterocycles. The number of rotatable bonds is 3. The third-order valence-electron chi connectivity index (χ3n) is 4.00. The molecule has 26 heavy (non-hydrogen) atoms. The van der Waals surface area contributed by atoms with Crippen LogP contribution in [0.25, 0.3) is 22.4 Å². The molecule has 7 nitrogen and oxygen atoms in total. The summed E-state index contributed by atoms with van der Waals surface area (Å²) in [4.78, 5) is 4.65. The van der Waals surface area contributed by atoms with Gasteiger partial charge in [-0.3, -0.25) is 4.28 Å². The average Bonchev–Trinajstić information content (AvgIpc) is 2.98. The van der Waals surface area contributed by atoms with Crippen LogP contribution < -0.4 is 51.4 Å². The molecule has 3 aromatic rings. The summed E-state index contributed by atoms with van der Waals surface area (Å²) in [5.41, 5.74) is 3.29. The summed E-state index contributed by atoms with van der Waals surface area (Å²) in [7, 11) is -4.90. The standard InChI is InChI=1S/C16H12ClN3O4S.K/c17-12-7-6-11-13(19-24-25(21,22)23)8-9-20-15(11)14(12)18-16(20)10-4-2-1-3-5-10;/h1-7H,8-9H2,(H,21,22,23);/q;+1/p-1/b19-13+;. The zero-order chi connectivity index (χ0) is 17.6. The number of imidazole rings is 1. The molecule has 128 valence electrons. The molecular weight excluding hydrogens is 405 g/mol. The largest absolute Gasteiger partial charge is 1.00 e. The number of nitrogens with zero attached hydrogens (tertiary/aromatic N) is 3. The van der Waals surface area contributed by atoms with Gasteiger partial charge in [0.25, 0.3) is 10.4 Å². The Morgan fingerprint density at radius 3 is 2.62 bits per heavy atom. The van der Waals surface area contributed by atoms with E-state index in [0.29, 0.717) is 34.8 Å². The molecule has 0 N–H and O–H groups in total. The molecular formula is C16H11ClKN3O4S. The SMILES string of the molecule is O=S(=O)([O-])O/N=C1\CCn2c(-c3ccccc3)nc3c(Cl)ccc1c32.[K+]. The van der Waals surface area contributed by atoms with Crippen LogP contribution in [0.1, 0.15) is 12.0 Å². The number of oxime groups is 1. The van der Waals surface area contributed by atoms with E-state index in [1.54, 1.807) is 12.1 Å². The zero-order valence-corrected chi connectivity index (χ0v) is 18.4. The molecule has 2 aromatic carbocycles. The van der Waals surface area contributed by atoms with E-state index >= 15 is 0 Å². The average molecular weight is 416 g/mol. The van der Waals surface area contributed by atoms with Crippen molar-refractivity contribution in [1.82, 2.24) is 9.55 Å². The van der Waals surface area contributed by atoms with Gasteiger partial charge in [0.2, 0.25) is 0 Å². The Morgan fingerprint density at radius 1 is 1.19 bits per heavy atom. The van der Waals surface area contributed by atoms with Crippen LogP contribution >= 0.6 is 11.6 Å². The summed E-state index contributed by atoms with van der Waals surface area (Å²) < 4.78 is 38.1. The van der Waals surface area contributed by atoms with Crippen molar-refractivity contribution in [2.45, 2.75) is 13.0 Å². The Hall–Kier alpha value is -0.784. The minimum absolute atomic E-state index is 0. The normalized spacial score (nSPS) is 15.1. The van der Waals surface area contributed by atoms with Gasteiger partial charge in [-0.25, -0.2) is 4.98 Å². The van der Waals surface area contributed by atoms with Gasteiger partial charge >= 0.3 is 51.4 Å². The first-order valence-electron chi connectivity index (χ1n) is 7.40. The molecule has 10 heteroatoms. The summed E-state index contributed by atoms with van der Waals surface area (Å²) in [6, 6.07) is 13.1. The van der Waals surface area contributed by atoms with Crippen LogP contribution in [0.5, 0.6) is 0 Å². The first-order valence-corrected chi connectivity index (χ1v) is 9.11. The van der Waals surface area contributed by atoms with E-state index in [1.807, 2.05) is 34.9 Å². The molecule has 0 radical (unpaired) electrons. The van der Waals surface area contributed by atoms with Gasteiger partial charge in [0, 0.05) is 24.1 Å². The summed E-state index contributed by atoms with van der Waals surface area (Å²) in [5, 5.41) is 4.00. The van der Waals surface area contributed by atoms with Crippen molar-refractivity contribution in [3.63, 3.8) is 0 Å². The van der Waals surface area contributed by atoms with Gasteiger partial charge in [0.05, 0.1) is 16.3 Å². The topological polar surface area (TPSA) is 96.6 Å². The van der Waals surface area contributed by atoms with Crippen LogP contribution in [0.15, 0.2) is 47.6 Å². The Bertz CT molecular complexity index is 1110. The fourth-order valence-electron chi connectivity index (χ4n) is 3.00. The van der Waals surface area contributed by atoms with Crippen molar-refractivity contribution in [1.29, 1.82) is 0 Å². The maximum atomic E-state index is 10.7. The quantitative estimate of drug-likeness (QED) is 0.258. The van der Waals surface area contributed by atoms with Crippen LogP contribution in [0.4, 0.5) is 0 Å². The van der Waals surface area contributed by atoms with Gasteiger partial charge in [0.15, 0.2) is 0 Å². The molecule has 0 saturated heterocycles. The van der Waals surface area contributed by atoms with Crippen molar-refractivity contribution in [2.24, 2.45) is 5.16 Å². The van der Waals surface area contributed by atoms with Crippen molar-refractivity contribution in [3.05, 3.63) is 53.1 Å². The van der Waals surface area contributed by atoms with E-state index < -0.39 is 10.4 Å². The van der Waals surface area contributed by atoms with Crippen molar-refractivity contribution < 1.29 is 68.6 Å². The van der Waals surface area contributed by atoms with Gasteiger partial charge in [-0.15, -0.1) is 0 Å². The molecule has 0 bridgehead atoms. The van der Waals surface area contributed by atoms with E-state index in [-0.39, 0.29) is 51.4 Å². The van der Waals surface area contributed by atoms with Gasteiger partial charge < -0.3 is 9.12 Å². The monoisotopic (exact) mass is 415 g/mol. The first kappa shape index (κ1) is 20.0. The second-order valence-corrected chi connectivity index (χ2v) is 6.89. The Morgan fingerprint density at radius 2 is 1.92 bits per heavy atom. The molecule has 1 aliphatic heterocycles. The molecule has 0 aliphatic carbocycles. The van der Waals surface area contributed by atoms with E-state index in [9.17, 15) is 13.0 Å². The minimum atomic E-state index is -4.90. The number of aryl methyl sites for hydroxylation is 1. The van der Waals surface area contributed by atoms with Gasteiger partial charge in [0.1, 0.15) is 11.3 Å². The second kappa shape index (κ2) is 7.68. The Labute approximate surface area is 197 Å². The fraction of sp³-hybridized carbons (Fsp3) is 0.125. The van der Waals surface area contributed by atoms with Crippen LogP contribution in [0, 0.1) is 0 Å². The van der Waals surface area contributed by atoms with Crippen LogP contribution in [0.3, 0.4) is 0 Å². The van der Waals surface area contributed by atoms with Crippen molar-refractivity contribution in [2.75, 3.05) is 0 Å². The van der Waals surface area contributed by atoms with E-state index in [2.05, 4.69) is 14.4 Å². The number of aromatic nitrogens is 2. The predicted molar refractivity (Wildman–Crippen MR) is 92.1 cm³/mol. The third kappa shape index (κ3) is 3.76. The van der Waals surface area contributed by atoms with Gasteiger partial charge in [-0.2, -0.15) is 8.42 Å². The zero-order valence-electron chi connectivity index (χ0n) is 13.7. The molecule has 0 atom stereocenters. The van der Waals surface area contributed by atoms with E-state index in [0.717, 1.165) is 16.9 Å². The first-order chi connectivity index (χ1) is 11.9. The number of hydrogen-bond acceptors (Lipinski definition) is 6. The molecule has 0 fully saturated rings. The molecule has 0 amide bonds.